The molecule has 0 spiro atoms. The summed E-state index contributed by atoms with van der Waals surface area (Å²) in [5.74, 6) is -1.64. The van der Waals surface area contributed by atoms with E-state index >= 15 is 0 Å². The standard InChI is InChI=1S/C10H7IN4O3/c11-5-1-2-7(6(3-5)10(17)18)14-9(16)8-12-4-13-15-8/h1-4H,(H,14,16)(H,17,18)(H,12,13,15). The molecule has 0 aliphatic heterocycles. The van der Waals surface area contributed by atoms with Crippen molar-refractivity contribution in [2.24, 2.45) is 0 Å². The van der Waals surface area contributed by atoms with Gasteiger partial charge in [-0.15, -0.1) is 0 Å². The minimum absolute atomic E-state index is 0.0184. The highest BCUT2D eigenvalue weighted by molar-refractivity contribution is 14.1. The molecule has 0 aliphatic carbocycles. The molecule has 2 rings (SSSR count). The number of carbonyl (C=O) groups is 2. The van der Waals surface area contributed by atoms with E-state index in [0.717, 1.165) is 3.57 Å². The summed E-state index contributed by atoms with van der Waals surface area (Å²) in [5.41, 5.74) is 0.235. The number of aromatic amines is 1. The number of anilines is 1. The quantitative estimate of drug-likeness (QED) is 0.718. The van der Waals surface area contributed by atoms with E-state index in [1.54, 1.807) is 6.07 Å². The number of carbonyl (C=O) groups excluding carboxylic acids is 1. The number of H-pyrrole nitrogens is 1. The Bertz CT molecular complexity index is 597. The third-order valence-electron chi connectivity index (χ3n) is 2.09. The first-order valence-electron chi connectivity index (χ1n) is 4.77. The summed E-state index contributed by atoms with van der Waals surface area (Å²) in [6.07, 6.45) is 1.20. The van der Waals surface area contributed by atoms with Crippen molar-refractivity contribution in [3.05, 3.63) is 39.5 Å². The number of halogens is 1. The molecule has 0 fully saturated rings. The molecule has 0 saturated carbocycles. The normalized spacial score (nSPS) is 10.1. The summed E-state index contributed by atoms with van der Waals surface area (Å²) in [6.45, 7) is 0. The van der Waals surface area contributed by atoms with Crippen LogP contribution in [0.1, 0.15) is 21.0 Å². The fourth-order valence-electron chi connectivity index (χ4n) is 1.30. The molecule has 1 aromatic heterocycles. The van der Waals surface area contributed by atoms with Crippen LogP contribution in [0.4, 0.5) is 5.69 Å². The van der Waals surface area contributed by atoms with Gasteiger partial charge in [-0.1, -0.05) is 0 Å². The molecule has 0 radical (unpaired) electrons. The van der Waals surface area contributed by atoms with Crippen LogP contribution in [-0.4, -0.2) is 32.2 Å². The summed E-state index contributed by atoms with van der Waals surface area (Å²) >= 11 is 2.00. The van der Waals surface area contributed by atoms with E-state index in [4.69, 9.17) is 5.11 Å². The fraction of sp³-hybridized carbons (Fsp3) is 0. The lowest BCUT2D eigenvalue weighted by molar-refractivity contribution is 0.0698. The van der Waals surface area contributed by atoms with Crippen LogP contribution in [-0.2, 0) is 0 Å². The number of benzene rings is 1. The van der Waals surface area contributed by atoms with Gasteiger partial charge in [0.05, 0.1) is 11.3 Å². The van der Waals surface area contributed by atoms with E-state index in [-0.39, 0.29) is 17.1 Å². The van der Waals surface area contributed by atoms with E-state index < -0.39 is 11.9 Å². The van der Waals surface area contributed by atoms with Crippen LogP contribution in [0.5, 0.6) is 0 Å². The second-order valence-electron chi connectivity index (χ2n) is 3.28. The Morgan fingerprint density at radius 3 is 2.78 bits per heavy atom. The lowest BCUT2D eigenvalue weighted by Gasteiger charge is -2.07. The van der Waals surface area contributed by atoms with Crippen molar-refractivity contribution in [2.75, 3.05) is 5.32 Å². The number of hydrogen-bond acceptors (Lipinski definition) is 4. The number of aromatic nitrogens is 3. The van der Waals surface area contributed by atoms with Gasteiger partial charge in [0.15, 0.2) is 0 Å². The molecule has 18 heavy (non-hydrogen) atoms. The number of carboxylic acids is 1. The molecule has 2 aromatic rings. The highest BCUT2D eigenvalue weighted by Crippen LogP contribution is 2.19. The molecular formula is C10H7IN4O3. The maximum absolute atomic E-state index is 11.7. The Morgan fingerprint density at radius 2 is 2.17 bits per heavy atom. The van der Waals surface area contributed by atoms with E-state index in [1.165, 1.54) is 18.5 Å². The topological polar surface area (TPSA) is 108 Å². The van der Waals surface area contributed by atoms with Crippen molar-refractivity contribution in [1.29, 1.82) is 0 Å². The predicted octanol–water partition coefficient (Wildman–Crippen LogP) is 1.36. The Morgan fingerprint density at radius 1 is 1.39 bits per heavy atom. The van der Waals surface area contributed by atoms with Crippen LogP contribution >= 0.6 is 22.6 Å². The van der Waals surface area contributed by atoms with Crippen LogP contribution in [0.3, 0.4) is 0 Å². The third kappa shape index (κ3) is 2.64. The van der Waals surface area contributed by atoms with Crippen molar-refractivity contribution in [3.63, 3.8) is 0 Å². The first kappa shape index (κ1) is 12.5. The molecule has 0 unspecified atom stereocenters. The number of amides is 1. The van der Waals surface area contributed by atoms with Crippen molar-refractivity contribution in [3.8, 4) is 0 Å². The molecule has 0 bridgehead atoms. The van der Waals surface area contributed by atoms with Crippen molar-refractivity contribution >= 4 is 40.2 Å². The summed E-state index contributed by atoms with van der Waals surface area (Å²) in [5, 5.41) is 17.4. The highest BCUT2D eigenvalue weighted by Gasteiger charge is 2.15. The molecule has 7 nitrogen and oxygen atoms in total. The van der Waals surface area contributed by atoms with Gasteiger partial charge < -0.3 is 10.4 Å². The van der Waals surface area contributed by atoms with Crippen molar-refractivity contribution in [2.45, 2.75) is 0 Å². The fourth-order valence-corrected chi connectivity index (χ4v) is 1.79. The molecule has 8 heteroatoms. The largest absolute Gasteiger partial charge is 0.478 e. The Labute approximate surface area is 115 Å². The van der Waals surface area contributed by atoms with Gasteiger partial charge in [0, 0.05) is 3.57 Å². The number of aromatic carboxylic acids is 1. The monoisotopic (exact) mass is 358 g/mol. The second kappa shape index (κ2) is 5.12. The molecule has 1 amide bonds. The minimum Gasteiger partial charge on any atom is -0.478 e. The zero-order valence-corrected chi connectivity index (χ0v) is 11.0. The summed E-state index contributed by atoms with van der Waals surface area (Å²) in [7, 11) is 0. The zero-order chi connectivity index (χ0) is 13.1. The summed E-state index contributed by atoms with van der Waals surface area (Å²) in [6, 6.07) is 4.70. The Balaban J connectivity index is 2.29. The number of hydrogen-bond donors (Lipinski definition) is 3. The third-order valence-corrected chi connectivity index (χ3v) is 2.76. The number of nitrogens with one attached hydrogen (secondary N) is 2. The molecule has 0 aliphatic rings. The first-order chi connectivity index (χ1) is 8.58. The predicted molar refractivity (Wildman–Crippen MR) is 70.5 cm³/mol. The average molecular weight is 358 g/mol. The van der Waals surface area contributed by atoms with E-state index in [9.17, 15) is 9.59 Å². The first-order valence-corrected chi connectivity index (χ1v) is 5.85. The molecule has 1 heterocycles. The number of carboxylic acid groups (broad SMARTS) is 1. The summed E-state index contributed by atoms with van der Waals surface area (Å²) in [4.78, 5) is 26.4. The van der Waals surface area contributed by atoms with Gasteiger partial charge in [-0.25, -0.2) is 9.78 Å². The smallest absolute Gasteiger partial charge is 0.337 e. The molecular weight excluding hydrogens is 351 g/mol. The second-order valence-corrected chi connectivity index (χ2v) is 4.53. The lowest BCUT2D eigenvalue weighted by Crippen LogP contribution is -2.16. The molecule has 3 N–H and O–H groups in total. The van der Waals surface area contributed by atoms with Gasteiger partial charge >= 0.3 is 5.97 Å². The van der Waals surface area contributed by atoms with Gasteiger partial charge in [0.1, 0.15) is 6.33 Å². The van der Waals surface area contributed by atoms with E-state index in [2.05, 4.69) is 20.5 Å². The molecule has 0 saturated heterocycles. The lowest BCUT2D eigenvalue weighted by atomic mass is 10.2. The van der Waals surface area contributed by atoms with Gasteiger partial charge in [0.2, 0.25) is 5.82 Å². The van der Waals surface area contributed by atoms with E-state index in [0.29, 0.717) is 0 Å². The number of nitrogens with zero attached hydrogens (tertiary/aromatic N) is 2. The zero-order valence-electron chi connectivity index (χ0n) is 8.85. The van der Waals surface area contributed by atoms with Gasteiger partial charge in [-0.3, -0.25) is 9.89 Å². The van der Waals surface area contributed by atoms with Crippen LogP contribution in [0.15, 0.2) is 24.5 Å². The summed E-state index contributed by atoms with van der Waals surface area (Å²) < 4.78 is 0.766. The van der Waals surface area contributed by atoms with Crippen LogP contribution in [0, 0.1) is 3.57 Å². The van der Waals surface area contributed by atoms with Gasteiger partial charge in [-0.2, -0.15) is 5.10 Å². The molecule has 1 aromatic carbocycles. The van der Waals surface area contributed by atoms with Crippen LogP contribution in [0.25, 0.3) is 0 Å². The molecule has 92 valence electrons. The number of rotatable bonds is 3. The highest BCUT2D eigenvalue weighted by atomic mass is 127. The Hall–Kier alpha value is -1.97. The van der Waals surface area contributed by atoms with Crippen LogP contribution in [0.2, 0.25) is 0 Å². The Kier molecular flexibility index (Phi) is 3.55. The maximum Gasteiger partial charge on any atom is 0.337 e. The molecule has 0 atom stereocenters. The minimum atomic E-state index is -1.11. The van der Waals surface area contributed by atoms with Gasteiger partial charge in [0.25, 0.3) is 5.91 Å². The van der Waals surface area contributed by atoms with Gasteiger partial charge in [-0.05, 0) is 40.8 Å². The van der Waals surface area contributed by atoms with Crippen LogP contribution < -0.4 is 5.32 Å². The van der Waals surface area contributed by atoms with Crippen molar-refractivity contribution < 1.29 is 14.7 Å². The van der Waals surface area contributed by atoms with E-state index in [1.807, 2.05) is 22.6 Å². The average Bonchev–Trinajstić information content (AvgIpc) is 2.84. The SMILES string of the molecule is O=C(Nc1ccc(I)cc1C(=O)O)c1ncn[nH]1. The van der Waals surface area contributed by atoms with Crippen molar-refractivity contribution in [1.82, 2.24) is 15.2 Å². The maximum atomic E-state index is 11.7.